The summed E-state index contributed by atoms with van der Waals surface area (Å²) in [5.41, 5.74) is 0.466. The molecule has 0 radical (unpaired) electrons. The van der Waals surface area contributed by atoms with Gasteiger partial charge in [-0.05, 0) is 52.3 Å². The normalized spacial score (nSPS) is 17.3. The second kappa shape index (κ2) is 7.24. The molecule has 2 aromatic rings. The largest absolute Gasteiger partial charge is 0.464 e. The first-order valence-electron chi connectivity index (χ1n) is 7.21. The molecular weight excluding hydrogens is 432 g/mol. The van der Waals surface area contributed by atoms with Crippen molar-refractivity contribution in [2.24, 2.45) is 0 Å². The minimum absolute atomic E-state index is 0.00377. The molecule has 2 N–H and O–H groups in total. The summed E-state index contributed by atoms with van der Waals surface area (Å²) in [6, 6.07) is 8.30. The Hall–Kier alpha value is -1.75. The third-order valence-corrected chi connectivity index (χ3v) is 6.56. The minimum atomic E-state index is -3.84. The predicted molar refractivity (Wildman–Crippen MR) is 96.1 cm³/mol. The van der Waals surface area contributed by atoms with Crippen molar-refractivity contribution in [3.8, 4) is 0 Å². The van der Waals surface area contributed by atoms with Gasteiger partial charge in [-0.25, -0.2) is 8.42 Å². The number of hydrogen-bond donors (Lipinski definition) is 2. The fourth-order valence-corrected chi connectivity index (χ4v) is 4.71. The number of thiophene rings is 1. The van der Waals surface area contributed by atoms with Gasteiger partial charge in [0.05, 0.1) is 20.2 Å². The zero-order valence-electron chi connectivity index (χ0n) is 12.7. The molecule has 3 rings (SSSR count). The van der Waals surface area contributed by atoms with Gasteiger partial charge in [0, 0.05) is 12.1 Å². The number of ether oxygens (including phenoxy) is 1. The Balaban J connectivity index is 1.69. The van der Waals surface area contributed by atoms with E-state index in [4.69, 9.17) is 4.74 Å². The highest BCUT2D eigenvalue weighted by Crippen LogP contribution is 2.23. The first-order chi connectivity index (χ1) is 11.8. The molecule has 1 aromatic carbocycles. The average molecular weight is 445 g/mol. The van der Waals surface area contributed by atoms with E-state index < -0.39 is 22.0 Å². The van der Waals surface area contributed by atoms with Gasteiger partial charge in [-0.1, -0.05) is 0 Å². The average Bonchev–Trinajstić information content (AvgIpc) is 3.17. The van der Waals surface area contributed by atoms with E-state index in [1.165, 1.54) is 35.6 Å². The maximum atomic E-state index is 12.3. The highest BCUT2D eigenvalue weighted by molar-refractivity contribution is 9.11. The van der Waals surface area contributed by atoms with Crippen LogP contribution in [-0.2, 0) is 19.6 Å². The summed E-state index contributed by atoms with van der Waals surface area (Å²) in [5.74, 6) is -0.854. The van der Waals surface area contributed by atoms with Crippen LogP contribution < -0.4 is 10.0 Å². The molecular formula is C15H13BrN2O5S2. The van der Waals surface area contributed by atoms with Crippen molar-refractivity contribution < 1.29 is 22.7 Å². The molecule has 0 aliphatic carbocycles. The van der Waals surface area contributed by atoms with Gasteiger partial charge >= 0.3 is 5.97 Å². The van der Waals surface area contributed by atoms with Crippen molar-refractivity contribution in [2.75, 3.05) is 11.9 Å². The highest BCUT2D eigenvalue weighted by Gasteiger charge is 2.31. The zero-order valence-corrected chi connectivity index (χ0v) is 15.9. The summed E-state index contributed by atoms with van der Waals surface area (Å²) in [7, 11) is -3.84. The number of sulfonamides is 1. The summed E-state index contributed by atoms with van der Waals surface area (Å²) in [4.78, 5) is 24.0. The van der Waals surface area contributed by atoms with E-state index in [1.807, 2.05) is 0 Å². The summed E-state index contributed by atoms with van der Waals surface area (Å²) in [6.45, 7) is 0.204. The van der Waals surface area contributed by atoms with Crippen molar-refractivity contribution in [1.29, 1.82) is 0 Å². The lowest BCUT2D eigenvalue weighted by Gasteiger charge is -2.10. The Bertz CT molecular complexity index is 908. The van der Waals surface area contributed by atoms with Crippen molar-refractivity contribution in [3.63, 3.8) is 0 Å². The summed E-state index contributed by atoms with van der Waals surface area (Å²) in [6.07, 6.45) is 0.308. The number of benzene rings is 1. The smallest absolute Gasteiger partial charge is 0.324 e. The highest BCUT2D eigenvalue weighted by atomic mass is 79.9. The van der Waals surface area contributed by atoms with Gasteiger partial charge in [0.25, 0.3) is 5.91 Å². The molecule has 7 nitrogen and oxygen atoms in total. The van der Waals surface area contributed by atoms with Crippen LogP contribution in [0.4, 0.5) is 5.69 Å². The zero-order chi connectivity index (χ0) is 18.0. The van der Waals surface area contributed by atoms with Gasteiger partial charge < -0.3 is 10.1 Å². The van der Waals surface area contributed by atoms with Crippen molar-refractivity contribution in [2.45, 2.75) is 17.4 Å². The fourth-order valence-electron chi connectivity index (χ4n) is 2.20. The molecule has 1 amide bonds. The van der Waals surface area contributed by atoms with E-state index in [0.29, 0.717) is 17.0 Å². The van der Waals surface area contributed by atoms with Crippen LogP contribution in [0, 0.1) is 0 Å². The molecule has 0 saturated carbocycles. The predicted octanol–water partition coefficient (Wildman–Crippen LogP) is 2.36. The van der Waals surface area contributed by atoms with Crippen LogP contribution in [0.5, 0.6) is 0 Å². The van der Waals surface area contributed by atoms with Crippen molar-refractivity contribution in [1.82, 2.24) is 4.72 Å². The first kappa shape index (κ1) is 18.1. The number of carbonyl (C=O) groups excluding carboxylic acids is 2. The third kappa shape index (κ3) is 4.27. The molecule has 1 saturated heterocycles. The van der Waals surface area contributed by atoms with Crippen LogP contribution in [0.3, 0.4) is 0 Å². The lowest BCUT2D eigenvalue weighted by atomic mass is 10.3. The van der Waals surface area contributed by atoms with E-state index in [9.17, 15) is 18.0 Å². The number of hydrogen-bond acceptors (Lipinski definition) is 6. The minimum Gasteiger partial charge on any atom is -0.464 e. The van der Waals surface area contributed by atoms with Crippen molar-refractivity contribution in [3.05, 3.63) is 45.1 Å². The lowest BCUT2D eigenvalue weighted by Crippen LogP contribution is -2.37. The fraction of sp³-hybridized carbons (Fsp3) is 0.200. The molecule has 0 bridgehead atoms. The summed E-state index contributed by atoms with van der Waals surface area (Å²) in [5, 5.41) is 2.69. The molecule has 1 aliphatic heterocycles. The maximum absolute atomic E-state index is 12.3. The van der Waals surface area contributed by atoms with Gasteiger partial charge in [0.15, 0.2) is 0 Å². The second-order valence-electron chi connectivity index (χ2n) is 5.21. The molecule has 132 valence electrons. The standard InChI is InChI=1S/C15H13BrN2O5S2/c16-13-6-5-12(24-13)14(19)17-9-1-3-10(4-2-9)25(21,22)18-11-7-8-23-15(11)20/h1-6,11,18H,7-8H2,(H,17,19)/t11-/m0/s1. The Kier molecular flexibility index (Phi) is 5.23. The van der Waals surface area contributed by atoms with Gasteiger partial charge in [-0.3, -0.25) is 9.59 Å². The number of nitrogens with one attached hydrogen (secondary N) is 2. The number of esters is 1. The van der Waals surface area contributed by atoms with E-state index in [2.05, 4.69) is 26.0 Å². The second-order valence-corrected chi connectivity index (χ2v) is 9.39. The SMILES string of the molecule is O=C(Nc1ccc(S(=O)(=O)N[C@H]2CCOC2=O)cc1)c1ccc(Br)s1. The quantitative estimate of drug-likeness (QED) is 0.689. The van der Waals surface area contributed by atoms with Gasteiger partial charge in [-0.2, -0.15) is 4.72 Å². The van der Waals surface area contributed by atoms with Crippen LogP contribution in [0.1, 0.15) is 16.1 Å². The van der Waals surface area contributed by atoms with Crippen molar-refractivity contribution >= 4 is 54.9 Å². The first-order valence-corrected chi connectivity index (χ1v) is 10.3. The van der Waals surface area contributed by atoms with Crippen LogP contribution in [-0.4, -0.2) is 32.9 Å². The van der Waals surface area contributed by atoms with E-state index in [1.54, 1.807) is 12.1 Å². The number of carbonyl (C=O) groups is 2. The Morgan fingerprint density at radius 2 is 1.92 bits per heavy atom. The molecule has 2 heterocycles. The molecule has 1 aromatic heterocycles. The molecule has 10 heteroatoms. The maximum Gasteiger partial charge on any atom is 0.324 e. The molecule has 1 fully saturated rings. The van der Waals surface area contributed by atoms with Crippen LogP contribution in [0.2, 0.25) is 0 Å². The van der Waals surface area contributed by atoms with Gasteiger partial charge in [0.2, 0.25) is 10.0 Å². The summed E-state index contributed by atoms with van der Waals surface area (Å²) < 4.78 is 32.5. The van der Waals surface area contributed by atoms with E-state index >= 15 is 0 Å². The van der Waals surface area contributed by atoms with Crippen LogP contribution in [0.15, 0.2) is 45.1 Å². The molecule has 0 unspecified atom stereocenters. The van der Waals surface area contributed by atoms with E-state index in [0.717, 1.165) is 3.79 Å². The Morgan fingerprint density at radius 1 is 1.20 bits per heavy atom. The Morgan fingerprint density at radius 3 is 2.48 bits per heavy atom. The molecule has 1 aliphatic rings. The van der Waals surface area contributed by atoms with Crippen LogP contribution in [0.25, 0.3) is 0 Å². The van der Waals surface area contributed by atoms with Gasteiger partial charge in [-0.15, -0.1) is 11.3 Å². The van der Waals surface area contributed by atoms with Crippen LogP contribution >= 0.6 is 27.3 Å². The molecule has 1 atom stereocenters. The Labute approximate surface area is 156 Å². The summed E-state index contributed by atoms with van der Waals surface area (Å²) >= 11 is 4.58. The molecule has 0 spiro atoms. The lowest BCUT2D eigenvalue weighted by molar-refractivity contribution is -0.139. The van der Waals surface area contributed by atoms with Gasteiger partial charge in [0.1, 0.15) is 6.04 Å². The topological polar surface area (TPSA) is 102 Å². The van der Waals surface area contributed by atoms with E-state index in [-0.39, 0.29) is 17.4 Å². The molecule has 25 heavy (non-hydrogen) atoms. The number of cyclic esters (lactones) is 1. The number of halogens is 1. The monoisotopic (exact) mass is 444 g/mol. The number of amides is 1. The third-order valence-electron chi connectivity index (χ3n) is 3.45. The number of rotatable bonds is 5. The number of anilines is 1.